The Labute approximate surface area is 104 Å². The standard InChI is InChI=1S/C12H13N3O3/c1-18-8-7-15-10(4-6-14-15)9-3-2-5-13-11(9)12(16)17/h2-6H,7-8H2,1H3,(H,16,17). The molecule has 6 heteroatoms. The van der Waals surface area contributed by atoms with Crippen molar-refractivity contribution in [2.24, 2.45) is 0 Å². The number of carboxylic acid groups (broad SMARTS) is 1. The number of aromatic carboxylic acids is 1. The van der Waals surface area contributed by atoms with E-state index in [0.717, 1.165) is 5.69 Å². The van der Waals surface area contributed by atoms with Crippen molar-refractivity contribution >= 4 is 5.97 Å². The van der Waals surface area contributed by atoms with Crippen molar-refractivity contribution in [3.8, 4) is 11.3 Å². The number of carbonyl (C=O) groups is 1. The predicted molar refractivity (Wildman–Crippen MR) is 64.3 cm³/mol. The first-order chi connectivity index (χ1) is 8.74. The lowest BCUT2D eigenvalue weighted by Gasteiger charge is -2.08. The average Bonchev–Trinajstić information content (AvgIpc) is 2.84. The van der Waals surface area contributed by atoms with E-state index in [9.17, 15) is 4.79 Å². The van der Waals surface area contributed by atoms with Gasteiger partial charge in [-0.1, -0.05) is 0 Å². The fourth-order valence-corrected chi connectivity index (χ4v) is 1.70. The average molecular weight is 247 g/mol. The molecule has 0 atom stereocenters. The van der Waals surface area contributed by atoms with Crippen LogP contribution in [0.1, 0.15) is 10.5 Å². The Balaban J connectivity index is 2.42. The van der Waals surface area contributed by atoms with Crippen LogP contribution in [0, 0.1) is 0 Å². The molecule has 0 aliphatic carbocycles. The van der Waals surface area contributed by atoms with Crippen molar-refractivity contribution in [1.82, 2.24) is 14.8 Å². The minimum absolute atomic E-state index is 0.0247. The van der Waals surface area contributed by atoms with E-state index in [0.29, 0.717) is 18.7 Å². The monoisotopic (exact) mass is 247 g/mol. The molecule has 0 aliphatic heterocycles. The number of pyridine rings is 1. The van der Waals surface area contributed by atoms with Gasteiger partial charge in [-0.05, 0) is 18.2 Å². The molecule has 94 valence electrons. The van der Waals surface area contributed by atoms with Crippen LogP contribution in [0.3, 0.4) is 0 Å². The number of hydrogen-bond acceptors (Lipinski definition) is 4. The third kappa shape index (κ3) is 2.38. The summed E-state index contributed by atoms with van der Waals surface area (Å²) < 4.78 is 6.69. The number of methoxy groups -OCH3 is 1. The minimum atomic E-state index is -1.05. The lowest BCUT2D eigenvalue weighted by Crippen LogP contribution is -2.10. The Bertz CT molecular complexity index is 551. The SMILES string of the molecule is COCCn1nccc1-c1cccnc1C(=O)O. The van der Waals surface area contributed by atoms with Crippen LogP contribution in [0.5, 0.6) is 0 Å². The number of carboxylic acids is 1. The van der Waals surface area contributed by atoms with Crippen molar-refractivity contribution in [2.75, 3.05) is 13.7 Å². The Hall–Kier alpha value is -2.21. The van der Waals surface area contributed by atoms with Crippen LogP contribution in [0.15, 0.2) is 30.6 Å². The molecular weight excluding hydrogens is 234 g/mol. The first kappa shape index (κ1) is 12.3. The van der Waals surface area contributed by atoms with Crippen molar-refractivity contribution in [2.45, 2.75) is 6.54 Å². The van der Waals surface area contributed by atoms with E-state index in [2.05, 4.69) is 10.1 Å². The Morgan fingerprint density at radius 3 is 3.00 bits per heavy atom. The summed E-state index contributed by atoms with van der Waals surface area (Å²) in [7, 11) is 1.61. The quantitative estimate of drug-likeness (QED) is 0.861. The van der Waals surface area contributed by atoms with Gasteiger partial charge in [-0.25, -0.2) is 9.78 Å². The van der Waals surface area contributed by atoms with E-state index in [1.54, 1.807) is 36.2 Å². The van der Waals surface area contributed by atoms with Crippen molar-refractivity contribution in [3.63, 3.8) is 0 Å². The van der Waals surface area contributed by atoms with Crippen LogP contribution in [0.25, 0.3) is 11.3 Å². The first-order valence-electron chi connectivity index (χ1n) is 5.43. The molecule has 0 saturated heterocycles. The molecule has 6 nitrogen and oxygen atoms in total. The summed E-state index contributed by atoms with van der Waals surface area (Å²) >= 11 is 0. The van der Waals surface area contributed by atoms with Gasteiger partial charge in [-0.2, -0.15) is 5.10 Å². The molecule has 1 N–H and O–H groups in total. The highest BCUT2D eigenvalue weighted by Gasteiger charge is 2.15. The molecule has 0 spiro atoms. The zero-order valence-electron chi connectivity index (χ0n) is 9.91. The third-order valence-electron chi connectivity index (χ3n) is 2.51. The van der Waals surface area contributed by atoms with Gasteiger partial charge in [-0.3, -0.25) is 4.68 Å². The van der Waals surface area contributed by atoms with Crippen LogP contribution < -0.4 is 0 Å². The highest BCUT2D eigenvalue weighted by atomic mass is 16.5. The van der Waals surface area contributed by atoms with E-state index >= 15 is 0 Å². The second kappa shape index (κ2) is 5.42. The summed E-state index contributed by atoms with van der Waals surface area (Å²) in [4.78, 5) is 15.0. The lowest BCUT2D eigenvalue weighted by atomic mass is 10.1. The van der Waals surface area contributed by atoms with Gasteiger partial charge < -0.3 is 9.84 Å². The molecule has 0 aliphatic rings. The molecule has 18 heavy (non-hydrogen) atoms. The Morgan fingerprint density at radius 2 is 2.28 bits per heavy atom. The summed E-state index contributed by atoms with van der Waals surface area (Å²) in [6.07, 6.45) is 3.09. The summed E-state index contributed by atoms with van der Waals surface area (Å²) in [6.45, 7) is 1.07. The second-order valence-corrected chi connectivity index (χ2v) is 3.64. The molecule has 0 unspecified atom stereocenters. The zero-order chi connectivity index (χ0) is 13.0. The molecule has 0 saturated carbocycles. The van der Waals surface area contributed by atoms with Gasteiger partial charge in [-0.15, -0.1) is 0 Å². The van der Waals surface area contributed by atoms with Gasteiger partial charge in [0.05, 0.1) is 18.8 Å². The van der Waals surface area contributed by atoms with Gasteiger partial charge >= 0.3 is 5.97 Å². The maximum Gasteiger partial charge on any atom is 0.355 e. The van der Waals surface area contributed by atoms with E-state index in [-0.39, 0.29) is 5.69 Å². The first-order valence-corrected chi connectivity index (χ1v) is 5.43. The third-order valence-corrected chi connectivity index (χ3v) is 2.51. The van der Waals surface area contributed by atoms with Crippen LogP contribution in [-0.2, 0) is 11.3 Å². The molecule has 2 aromatic heterocycles. The zero-order valence-corrected chi connectivity index (χ0v) is 9.91. The maximum atomic E-state index is 11.1. The van der Waals surface area contributed by atoms with Gasteiger partial charge in [0.1, 0.15) is 0 Å². The van der Waals surface area contributed by atoms with Crippen molar-refractivity contribution in [3.05, 3.63) is 36.3 Å². The summed E-state index contributed by atoms with van der Waals surface area (Å²) in [5.74, 6) is -1.05. The Morgan fingerprint density at radius 1 is 1.44 bits per heavy atom. The fourth-order valence-electron chi connectivity index (χ4n) is 1.70. The maximum absolute atomic E-state index is 11.1. The predicted octanol–water partition coefficient (Wildman–Crippen LogP) is 1.29. The summed E-state index contributed by atoms with van der Waals surface area (Å²) in [5.41, 5.74) is 1.30. The lowest BCUT2D eigenvalue weighted by molar-refractivity contribution is 0.0691. The smallest absolute Gasteiger partial charge is 0.355 e. The molecule has 0 aromatic carbocycles. The second-order valence-electron chi connectivity index (χ2n) is 3.64. The molecule has 2 heterocycles. The number of rotatable bonds is 5. The van der Waals surface area contributed by atoms with Crippen LogP contribution in [-0.4, -0.2) is 39.6 Å². The molecule has 0 radical (unpaired) electrons. The molecule has 2 aromatic rings. The van der Waals surface area contributed by atoms with Crippen molar-refractivity contribution < 1.29 is 14.6 Å². The minimum Gasteiger partial charge on any atom is -0.476 e. The molecular formula is C12H13N3O3. The molecule has 0 fully saturated rings. The van der Waals surface area contributed by atoms with Crippen LogP contribution >= 0.6 is 0 Å². The van der Waals surface area contributed by atoms with Crippen LogP contribution in [0.4, 0.5) is 0 Å². The number of ether oxygens (including phenoxy) is 1. The van der Waals surface area contributed by atoms with E-state index < -0.39 is 5.97 Å². The highest BCUT2D eigenvalue weighted by Crippen LogP contribution is 2.21. The molecule has 0 amide bonds. The van der Waals surface area contributed by atoms with E-state index in [1.165, 1.54) is 6.20 Å². The van der Waals surface area contributed by atoms with E-state index in [4.69, 9.17) is 9.84 Å². The summed E-state index contributed by atoms with van der Waals surface area (Å²) in [6, 6.07) is 5.19. The van der Waals surface area contributed by atoms with Crippen LogP contribution in [0.2, 0.25) is 0 Å². The van der Waals surface area contributed by atoms with Gasteiger partial charge in [0.25, 0.3) is 0 Å². The van der Waals surface area contributed by atoms with Gasteiger partial charge in [0, 0.05) is 25.1 Å². The van der Waals surface area contributed by atoms with Crippen molar-refractivity contribution in [1.29, 1.82) is 0 Å². The molecule has 2 rings (SSSR count). The molecule has 0 bridgehead atoms. The normalized spacial score (nSPS) is 10.5. The largest absolute Gasteiger partial charge is 0.476 e. The van der Waals surface area contributed by atoms with E-state index in [1.807, 2.05) is 0 Å². The highest BCUT2D eigenvalue weighted by molar-refractivity contribution is 5.93. The Kier molecular flexibility index (Phi) is 3.69. The fraction of sp³-hybridized carbons (Fsp3) is 0.250. The number of nitrogens with zero attached hydrogens (tertiary/aromatic N) is 3. The van der Waals surface area contributed by atoms with Gasteiger partial charge in [0.2, 0.25) is 0 Å². The number of aromatic nitrogens is 3. The topological polar surface area (TPSA) is 77.2 Å². The van der Waals surface area contributed by atoms with Gasteiger partial charge in [0.15, 0.2) is 5.69 Å². The summed E-state index contributed by atoms with van der Waals surface area (Å²) in [5, 5.41) is 13.3. The number of hydrogen-bond donors (Lipinski definition) is 1.